The maximum Gasteiger partial charge on any atom is 0.258 e. The lowest BCUT2D eigenvalue weighted by molar-refractivity contribution is 0.0993. The number of anilines is 2. The number of nitrogens with two attached hydrogens (primary N) is 1. The van der Waals surface area contributed by atoms with Crippen molar-refractivity contribution in [1.29, 1.82) is 0 Å². The van der Waals surface area contributed by atoms with E-state index in [4.69, 9.17) is 17.3 Å². The van der Waals surface area contributed by atoms with Gasteiger partial charge >= 0.3 is 0 Å². The average Bonchev–Trinajstić information content (AvgIpc) is 2.37. The lowest BCUT2D eigenvalue weighted by Crippen LogP contribution is -2.26. The average molecular weight is 261 g/mol. The lowest BCUT2D eigenvalue weighted by atomic mass is 10.2. The van der Waals surface area contributed by atoms with E-state index in [2.05, 4.69) is 0 Å². The van der Waals surface area contributed by atoms with Crippen molar-refractivity contribution >= 4 is 28.9 Å². The van der Waals surface area contributed by atoms with E-state index in [9.17, 15) is 4.79 Å². The van der Waals surface area contributed by atoms with Crippen LogP contribution in [0.15, 0.2) is 48.5 Å². The molecule has 3 nitrogen and oxygen atoms in total. The summed E-state index contributed by atoms with van der Waals surface area (Å²) in [5.74, 6) is -0.122. The highest BCUT2D eigenvalue weighted by Gasteiger charge is 2.13. The first kappa shape index (κ1) is 12.5. The number of nitrogen functional groups attached to an aromatic ring is 1. The smallest absolute Gasteiger partial charge is 0.258 e. The zero-order valence-electron chi connectivity index (χ0n) is 9.93. The molecule has 0 saturated carbocycles. The van der Waals surface area contributed by atoms with Gasteiger partial charge in [0, 0.05) is 29.0 Å². The third-order valence-corrected chi connectivity index (χ3v) is 2.87. The molecule has 0 unspecified atom stereocenters. The fourth-order valence-corrected chi connectivity index (χ4v) is 1.86. The summed E-state index contributed by atoms with van der Waals surface area (Å²) < 4.78 is 0. The first-order chi connectivity index (χ1) is 8.58. The highest BCUT2D eigenvalue weighted by molar-refractivity contribution is 6.31. The number of rotatable bonds is 2. The van der Waals surface area contributed by atoms with E-state index in [1.54, 1.807) is 48.3 Å². The first-order valence-corrected chi connectivity index (χ1v) is 5.85. The number of carbonyl (C=O) groups excluding carboxylic acids is 1. The summed E-state index contributed by atoms with van der Waals surface area (Å²) in [4.78, 5) is 13.8. The molecule has 0 aliphatic carbocycles. The zero-order valence-corrected chi connectivity index (χ0v) is 10.7. The molecular formula is C14H13ClN2O. The third-order valence-electron chi connectivity index (χ3n) is 2.63. The first-order valence-electron chi connectivity index (χ1n) is 5.47. The third kappa shape index (κ3) is 2.63. The van der Waals surface area contributed by atoms with E-state index in [0.717, 1.165) is 5.69 Å². The Balaban J connectivity index is 2.29. The number of carbonyl (C=O) groups is 1. The van der Waals surface area contributed by atoms with Crippen molar-refractivity contribution in [2.45, 2.75) is 0 Å². The van der Waals surface area contributed by atoms with Gasteiger partial charge in [0.05, 0.1) is 0 Å². The van der Waals surface area contributed by atoms with Crippen LogP contribution in [0, 0.1) is 0 Å². The van der Waals surface area contributed by atoms with E-state index < -0.39 is 0 Å². The molecule has 1 amide bonds. The zero-order chi connectivity index (χ0) is 13.1. The Hall–Kier alpha value is -2.00. The van der Waals surface area contributed by atoms with Gasteiger partial charge in [-0.15, -0.1) is 0 Å². The monoisotopic (exact) mass is 260 g/mol. The SMILES string of the molecule is CN(C(=O)c1cccc(Cl)c1)c1cccc(N)c1. The molecule has 0 aliphatic heterocycles. The topological polar surface area (TPSA) is 46.3 Å². The molecule has 2 aromatic rings. The number of nitrogens with zero attached hydrogens (tertiary/aromatic N) is 1. The number of hydrogen-bond donors (Lipinski definition) is 1. The van der Waals surface area contributed by atoms with Crippen LogP contribution in [-0.4, -0.2) is 13.0 Å². The number of hydrogen-bond acceptors (Lipinski definition) is 2. The summed E-state index contributed by atoms with van der Waals surface area (Å²) >= 11 is 5.87. The predicted molar refractivity (Wildman–Crippen MR) is 75.0 cm³/mol. The Kier molecular flexibility index (Phi) is 3.53. The summed E-state index contributed by atoms with van der Waals surface area (Å²) in [7, 11) is 1.71. The van der Waals surface area contributed by atoms with Crippen LogP contribution in [0.1, 0.15) is 10.4 Å². The van der Waals surface area contributed by atoms with Crippen LogP contribution in [0.3, 0.4) is 0 Å². The van der Waals surface area contributed by atoms with Crippen molar-refractivity contribution in [3.8, 4) is 0 Å². The second-order valence-corrected chi connectivity index (χ2v) is 4.41. The second-order valence-electron chi connectivity index (χ2n) is 3.97. The number of amides is 1. The fraction of sp³-hybridized carbons (Fsp3) is 0.0714. The highest BCUT2D eigenvalue weighted by Crippen LogP contribution is 2.19. The molecule has 0 radical (unpaired) electrons. The van der Waals surface area contributed by atoms with Crippen LogP contribution in [-0.2, 0) is 0 Å². The van der Waals surface area contributed by atoms with Gasteiger partial charge in [-0.2, -0.15) is 0 Å². The number of halogens is 1. The van der Waals surface area contributed by atoms with Crippen molar-refractivity contribution in [2.24, 2.45) is 0 Å². The van der Waals surface area contributed by atoms with Gasteiger partial charge in [0.15, 0.2) is 0 Å². The minimum absolute atomic E-state index is 0.122. The van der Waals surface area contributed by atoms with Gasteiger partial charge in [-0.05, 0) is 36.4 Å². The van der Waals surface area contributed by atoms with Gasteiger partial charge in [-0.3, -0.25) is 4.79 Å². The predicted octanol–water partition coefficient (Wildman–Crippen LogP) is 3.20. The largest absolute Gasteiger partial charge is 0.399 e. The van der Waals surface area contributed by atoms with Crippen LogP contribution in [0.4, 0.5) is 11.4 Å². The Morgan fingerprint density at radius 3 is 2.56 bits per heavy atom. The standard InChI is InChI=1S/C14H13ClN2O/c1-17(13-7-3-6-12(16)9-13)14(18)10-4-2-5-11(15)8-10/h2-9H,16H2,1H3. The molecule has 2 aromatic carbocycles. The van der Waals surface area contributed by atoms with Crippen LogP contribution < -0.4 is 10.6 Å². The molecule has 0 atom stereocenters. The molecule has 0 aliphatic rings. The quantitative estimate of drug-likeness (QED) is 0.843. The summed E-state index contributed by atoms with van der Waals surface area (Å²) in [6.07, 6.45) is 0. The Labute approximate surface area is 111 Å². The summed E-state index contributed by atoms with van der Waals surface area (Å²) in [6, 6.07) is 14.0. The molecule has 0 fully saturated rings. The Morgan fingerprint density at radius 2 is 1.89 bits per heavy atom. The van der Waals surface area contributed by atoms with E-state index in [1.807, 2.05) is 12.1 Å². The molecule has 0 heterocycles. The molecular weight excluding hydrogens is 248 g/mol. The van der Waals surface area contributed by atoms with Gasteiger partial charge in [0.25, 0.3) is 5.91 Å². The van der Waals surface area contributed by atoms with Crippen molar-refractivity contribution in [3.63, 3.8) is 0 Å². The number of benzene rings is 2. The molecule has 92 valence electrons. The van der Waals surface area contributed by atoms with Gasteiger partial charge in [-0.25, -0.2) is 0 Å². The normalized spacial score (nSPS) is 10.1. The van der Waals surface area contributed by atoms with Crippen LogP contribution in [0.2, 0.25) is 5.02 Å². The fourth-order valence-electron chi connectivity index (χ4n) is 1.67. The summed E-state index contributed by atoms with van der Waals surface area (Å²) in [6.45, 7) is 0. The molecule has 0 saturated heterocycles. The van der Waals surface area contributed by atoms with Crippen LogP contribution in [0.25, 0.3) is 0 Å². The van der Waals surface area contributed by atoms with E-state index in [1.165, 1.54) is 0 Å². The van der Waals surface area contributed by atoms with Gasteiger partial charge in [0.1, 0.15) is 0 Å². The molecule has 0 spiro atoms. The van der Waals surface area contributed by atoms with E-state index in [0.29, 0.717) is 16.3 Å². The summed E-state index contributed by atoms with van der Waals surface area (Å²) in [5.41, 5.74) is 7.62. The summed E-state index contributed by atoms with van der Waals surface area (Å²) in [5, 5.41) is 0.543. The van der Waals surface area contributed by atoms with Crippen molar-refractivity contribution in [1.82, 2.24) is 0 Å². The molecule has 2 N–H and O–H groups in total. The second kappa shape index (κ2) is 5.10. The minimum atomic E-state index is -0.122. The minimum Gasteiger partial charge on any atom is -0.399 e. The van der Waals surface area contributed by atoms with Crippen molar-refractivity contribution < 1.29 is 4.79 Å². The van der Waals surface area contributed by atoms with Crippen LogP contribution in [0.5, 0.6) is 0 Å². The Bertz CT molecular complexity index is 584. The molecule has 18 heavy (non-hydrogen) atoms. The van der Waals surface area contributed by atoms with Gasteiger partial charge in [-0.1, -0.05) is 23.7 Å². The van der Waals surface area contributed by atoms with Crippen LogP contribution >= 0.6 is 11.6 Å². The van der Waals surface area contributed by atoms with Crippen molar-refractivity contribution in [2.75, 3.05) is 17.7 Å². The van der Waals surface area contributed by atoms with E-state index in [-0.39, 0.29) is 5.91 Å². The Morgan fingerprint density at radius 1 is 1.17 bits per heavy atom. The molecule has 2 rings (SSSR count). The van der Waals surface area contributed by atoms with Gasteiger partial charge < -0.3 is 10.6 Å². The molecule has 4 heteroatoms. The molecule has 0 bridgehead atoms. The van der Waals surface area contributed by atoms with Crippen molar-refractivity contribution in [3.05, 3.63) is 59.1 Å². The maximum atomic E-state index is 12.2. The highest BCUT2D eigenvalue weighted by atomic mass is 35.5. The lowest BCUT2D eigenvalue weighted by Gasteiger charge is -2.17. The van der Waals surface area contributed by atoms with Gasteiger partial charge in [0.2, 0.25) is 0 Å². The molecule has 0 aromatic heterocycles. The van der Waals surface area contributed by atoms with E-state index >= 15 is 0 Å². The maximum absolute atomic E-state index is 12.2.